The van der Waals surface area contributed by atoms with Gasteiger partial charge in [0, 0.05) is 45.2 Å². The first-order valence-corrected chi connectivity index (χ1v) is 9.35. The molecule has 9 heteroatoms. The van der Waals surface area contributed by atoms with Crippen LogP contribution in [0.2, 0.25) is 0 Å². The normalized spacial score (nSPS) is 21.2. The van der Waals surface area contributed by atoms with Gasteiger partial charge in [0.15, 0.2) is 0 Å². The van der Waals surface area contributed by atoms with Crippen molar-refractivity contribution >= 4 is 23.3 Å². The van der Waals surface area contributed by atoms with Crippen molar-refractivity contribution in [2.75, 3.05) is 32.9 Å². The molecular weight excluding hydrogens is 346 g/mol. The summed E-state index contributed by atoms with van der Waals surface area (Å²) in [5.41, 5.74) is 6.21. The second-order valence-electron chi connectivity index (χ2n) is 7.15. The van der Waals surface area contributed by atoms with Gasteiger partial charge in [0.2, 0.25) is 5.91 Å². The van der Waals surface area contributed by atoms with Crippen LogP contribution in [0.5, 0.6) is 0 Å². The summed E-state index contributed by atoms with van der Waals surface area (Å²) in [4.78, 5) is 37.0. The van der Waals surface area contributed by atoms with Crippen molar-refractivity contribution < 1.29 is 9.59 Å². The van der Waals surface area contributed by atoms with Crippen LogP contribution >= 0.6 is 0 Å². The fraction of sp³-hybridized carbons (Fsp3) is 0.611. The summed E-state index contributed by atoms with van der Waals surface area (Å²) in [5, 5.41) is 5.43. The Hall–Kier alpha value is -2.55. The molecule has 1 saturated heterocycles. The number of hydrogen-bond donors (Lipinski definition) is 1. The molecule has 1 aromatic rings. The first-order valence-electron chi connectivity index (χ1n) is 9.35. The van der Waals surface area contributed by atoms with Gasteiger partial charge in [0.1, 0.15) is 17.4 Å². The van der Waals surface area contributed by atoms with Gasteiger partial charge in [0.05, 0.1) is 6.54 Å². The number of hydrazone groups is 1. The van der Waals surface area contributed by atoms with E-state index >= 15 is 0 Å². The van der Waals surface area contributed by atoms with Crippen LogP contribution in [0.15, 0.2) is 17.4 Å². The summed E-state index contributed by atoms with van der Waals surface area (Å²) in [7, 11) is 3.65. The van der Waals surface area contributed by atoms with Crippen LogP contribution in [0.1, 0.15) is 37.9 Å². The summed E-state index contributed by atoms with van der Waals surface area (Å²) in [6.45, 7) is 2.03. The Labute approximate surface area is 159 Å². The number of carbonyl (C=O) groups is 2. The zero-order valence-electron chi connectivity index (χ0n) is 16.0. The van der Waals surface area contributed by atoms with Gasteiger partial charge in [-0.1, -0.05) is 0 Å². The van der Waals surface area contributed by atoms with Crippen LogP contribution in [-0.2, 0) is 16.1 Å². The molecule has 2 aliphatic rings. The average Bonchev–Trinajstić information content (AvgIpc) is 2.90. The zero-order valence-corrected chi connectivity index (χ0v) is 16.0. The predicted molar refractivity (Wildman–Crippen MR) is 102 cm³/mol. The second kappa shape index (κ2) is 8.43. The molecule has 9 nitrogen and oxygen atoms in total. The van der Waals surface area contributed by atoms with E-state index in [1.165, 1.54) is 5.01 Å². The van der Waals surface area contributed by atoms with Gasteiger partial charge in [-0.3, -0.25) is 14.5 Å². The van der Waals surface area contributed by atoms with E-state index in [2.05, 4.69) is 27.0 Å². The van der Waals surface area contributed by atoms with E-state index in [4.69, 9.17) is 5.73 Å². The van der Waals surface area contributed by atoms with Gasteiger partial charge in [-0.15, -0.1) is 0 Å². The van der Waals surface area contributed by atoms with Crippen molar-refractivity contribution in [3.05, 3.63) is 18.1 Å². The number of anilines is 1. The fourth-order valence-corrected chi connectivity index (χ4v) is 3.57. The number of nitrogens with zero attached hydrogens (tertiary/aromatic N) is 6. The first kappa shape index (κ1) is 19.2. The van der Waals surface area contributed by atoms with E-state index in [1.807, 2.05) is 4.90 Å². The number of carbonyl (C=O) groups excluding carboxylic acids is 2. The molecule has 1 fully saturated rings. The van der Waals surface area contributed by atoms with Gasteiger partial charge in [-0.25, -0.2) is 15.0 Å². The highest BCUT2D eigenvalue weighted by Crippen LogP contribution is 2.19. The highest BCUT2D eigenvalue weighted by Gasteiger charge is 2.28. The maximum atomic E-state index is 12.8. The number of nitrogen functional groups attached to an aromatic ring is 1. The summed E-state index contributed by atoms with van der Waals surface area (Å²) in [6.07, 6.45) is 5.27. The topological polar surface area (TPSA) is 108 Å². The van der Waals surface area contributed by atoms with Gasteiger partial charge >= 0.3 is 0 Å². The molecule has 146 valence electrons. The van der Waals surface area contributed by atoms with Gasteiger partial charge in [0.25, 0.3) is 5.91 Å². The third-order valence-electron chi connectivity index (χ3n) is 5.18. The smallest absolute Gasteiger partial charge is 0.270 e. The van der Waals surface area contributed by atoms with Crippen molar-refractivity contribution in [2.24, 2.45) is 5.10 Å². The number of likely N-dealkylation sites (tertiary alicyclic amines) is 1. The number of amides is 2. The maximum Gasteiger partial charge on any atom is 0.270 e. The number of aromatic nitrogens is 2. The maximum absolute atomic E-state index is 12.8. The predicted octanol–water partition coefficient (Wildman–Crippen LogP) is 0.480. The molecule has 2 aliphatic heterocycles. The largest absolute Gasteiger partial charge is 0.384 e. The molecule has 1 aromatic heterocycles. The standard InChI is InChI=1S/C18H27N7O2/c1-23(12-16-20-9-7-15(19)21-16)13-4-3-10-25(11-8-13)18(27)14-5-6-17(26)24(2)22-14/h7,9,13H,3-6,8,10-12H2,1-2H3,(H2,19,20,21)/t13-/m0/s1. The van der Waals surface area contributed by atoms with E-state index in [0.717, 1.165) is 19.3 Å². The van der Waals surface area contributed by atoms with E-state index in [0.29, 0.717) is 55.9 Å². The molecule has 3 rings (SSSR count). The van der Waals surface area contributed by atoms with Crippen molar-refractivity contribution in [1.82, 2.24) is 24.8 Å². The Kier molecular flexibility index (Phi) is 6.00. The number of nitrogens with two attached hydrogens (primary N) is 1. The van der Waals surface area contributed by atoms with Crippen molar-refractivity contribution in [2.45, 2.75) is 44.7 Å². The van der Waals surface area contributed by atoms with Gasteiger partial charge in [-0.2, -0.15) is 5.10 Å². The quantitative estimate of drug-likeness (QED) is 0.822. The first-order chi connectivity index (χ1) is 12.9. The molecule has 0 saturated carbocycles. The minimum absolute atomic E-state index is 0.0446. The minimum atomic E-state index is -0.0483. The third kappa shape index (κ3) is 4.79. The third-order valence-corrected chi connectivity index (χ3v) is 5.18. The lowest BCUT2D eigenvalue weighted by Crippen LogP contribution is -2.41. The molecule has 1 atom stereocenters. The molecule has 3 heterocycles. The highest BCUT2D eigenvalue weighted by molar-refractivity contribution is 6.39. The van der Waals surface area contributed by atoms with Gasteiger partial charge in [-0.05, 0) is 32.4 Å². The van der Waals surface area contributed by atoms with Crippen molar-refractivity contribution in [1.29, 1.82) is 0 Å². The Balaban J connectivity index is 1.57. The van der Waals surface area contributed by atoms with Crippen LogP contribution in [-0.4, -0.2) is 75.5 Å². The van der Waals surface area contributed by atoms with Crippen molar-refractivity contribution in [3.8, 4) is 0 Å². The number of hydrogen-bond acceptors (Lipinski definition) is 7. The average molecular weight is 373 g/mol. The lowest BCUT2D eigenvalue weighted by molar-refractivity contribution is -0.130. The minimum Gasteiger partial charge on any atom is -0.384 e. The lowest BCUT2D eigenvalue weighted by atomic mass is 10.1. The molecule has 0 spiro atoms. The van der Waals surface area contributed by atoms with Crippen molar-refractivity contribution in [3.63, 3.8) is 0 Å². The van der Waals surface area contributed by atoms with Crippen LogP contribution in [0.4, 0.5) is 5.82 Å². The van der Waals surface area contributed by atoms with Crippen LogP contribution in [0, 0.1) is 0 Å². The molecule has 0 bridgehead atoms. The van der Waals surface area contributed by atoms with E-state index in [9.17, 15) is 9.59 Å². The number of rotatable bonds is 4. The SMILES string of the molecule is CN1N=C(C(=O)N2CCC[C@H](N(C)Cc3nccc(N)n3)CC2)CCC1=O. The van der Waals surface area contributed by atoms with Crippen LogP contribution in [0.25, 0.3) is 0 Å². The summed E-state index contributed by atoms with van der Waals surface area (Å²) < 4.78 is 0. The van der Waals surface area contributed by atoms with E-state index in [-0.39, 0.29) is 11.8 Å². The Bertz CT molecular complexity index is 736. The molecule has 0 aromatic carbocycles. The highest BCUT2D eigenvalue weighted by atomic mass is 16.2. The molecule has 27 heavy (non-hydrogen) atoms. The summed E-state index contributed by atoms with van der Waals surface area (Å²) in [6, 6.07) is 2.03. The van der Waals surface area contributed by atoms with Crippen LogP contribution < -0.4 is 5.73 Å². The monoisotopic (exact) mass is 373 g/mol. The lowest BCUT2D eigenvalue weighted by Gasteiger charge is -2.27. The molecule has 0 radical (unpaired) electrons. The van der Waals surface area contributed by atoms with E-state index < -0.39 is 0 Å². The zero-order chi connectivity index (χ0) is 19.4. The second-order valence-corrected chi connectivity index (χ2v) is 7.15. The molecular formula is C18H27N7O2. The fourth-order valence-electron chi connectivity index (χ4n) is 3.57. The Morgan fingerprint density at radius 3 is 2.89 bits per heavy atom. The summed E-state index contributed by atoms with van der Waals surface area (Å²) in [5.74, 6) is 1.09. The Morgan fingerprint density at radius 2 is 2.15 bits per heavy atom. The van der Waals surface area contributed by atoms with E-state index in [1.54, 1.807) is 19.3 Å². The molecule has 0 aliphatic carbocycles. The molecule has 0 unspecified atom stereocenters. The van der Waals surface area contributed by atoms with Gasteiger partial charge < -0.3 is 10.6 Å². The molecule has 2 N–H and O–H groups in total. The van der Waals surface area contributed by atoms with Crippen LogP contribution in [0.3, 0.4) is 0 Å². The molecule has 2 amide bonds. The summed E-state index contributed by atoms with van der Waals surface area (Å²) >= 11 is 0. The Morgan fingerprint density at radius 1 is 1.33 bits per heavy atom.